The lowest BCUT2D eigenvalue weighted by Crippen LogP contribution is -2.47. The van der Waals surface area contributed by atoms with Crippen molar-refractivity contribution in [1.29, 1.82) is 0 Å². The zero-order chi connectivity index (χ0) is 13.3. The zero-order valence-corrected chi connectivity index (χ0v) is 11.8. The van der Waals surface area contributed by atoms with Crippen LogP contribution in [0.15, 0.2) is 24.3 Å². The Morgan fingerprint density at radius 2 is 1.95 bits per heavy atom. The summed E-state index contributed by atoms with van der Waals surface area (Å²) in [5.41, 5.74) is 7.57. The van der Waals surface area contributed by atoms with Crippen molar-refractivity contribution in [3.8, 4) is 5.75 Å². The van der Waals surface area contributed by atoms with Crippen LogP contribution in [0.1, 0.15) is 31.2 Å². The minimum absolute atomic E-state index is 0.109. The molecule has 0 radical (unpaired) electrons. The number of para-hydroxylation sites is 1. The van der Waals surface area contributed by atoms with Crippen molar-refractivity contribution >= 4 is 0 Å². The van der Waals surface area contributed by atoms with Crippen molar-refractivity contribution in [3.05, 3.63) is 29.8 Å². The van der Waals surface area contributed by atoms with Crippen molar-refractivity contribution in [2.75, 3.05) is 26.7 Å². The van der Waals surface area contributed by atoms with E-state index in [9.17, 15) is 0 Å². The smallest absolute Gasteiger partial charge is 0.122 e. The van der Waals surface area contributed by atoms with Crippen molar-refractivity contribution in [3.63, 3.8) is 0 Å². The largest absolute Gasteiger partial charge is 0.496 e. The molecule has 1 saturated heterocycles. The van der Waals surface area contributed by atoms with E-state index in [1.54, 1.807) is 7.11 Å². The Balaban J connectivity index is 1.83. The van der Waals surface area contributed by atoms with Crippen LogP contribution in [-0.4, -0.2) is 37.7 Å². The molecule has 3 nitrogen and oxygen atoms in total. The van der Waals surface area contributed by atoms with Crippen LogP contribution in [0.25, 0.3) is 0 Å². The Labute approximate surface area is 115 Å². The normalized spacial score (nSPS) is 23.3. The number of piperidine rings is 1. The first-order chi connectivity index (χ1) is 9.29. The molecule has 0 aromatic heterocycles. The van der Waals surface area contributed by atoms with Crippen LogP contribution in [0.3, 0.4) is 0 Å². The van der Waals surface area contributed by atoms with Crippen LogP contribution in [0.4, 0.5) is 0 Å². The molecule has 0 unspecified atom stereocenters. The molecule has 2 aliphatic rings. The molecule has 0 bridgehead atoms. The van der Waals surface area contributed by atoms with Gasteiger partial charge in [0.15, 0.2) is 0 Å². The number of hydrogen-bond donors (Lipinski definition) is 1. The highest BCUT2D eigenvalue weighted by Gasteiger charge is 2.40. The molecule has 1 aromatic carbocycles. The quantitative estimate of drug-likeness (QED) is 0.901. The fraction of sp³-hybridized carbons (Fsp3) is 0.625. The van der Waals surface area contributed by atoms with Crippen molar-refractivity contribution in [1.82, 2.24) is 4.90 Å². The predicted molar refractivity (Wildman–Crippen MR) is 77.6 cm³/mol. The molecular formula is C16H24N2O. The molecule has 1 aromatic rings. The number of hydrogen-bond acceptors (Lipinski definition) is 3. The van der Waals surface area contributed by atoms with E-state index in [1.807, 2.05) is 6.07 Å². The molecule has 104 valence electrons. The van der Waals surface area contributed by atoms with E-state index in [2.05, 4.69) is 23.1 Å². The summed E-state index contributed by atoms with van der Waals surface area (Å²) in [5.74, 6) is 0.993. The number of likely N-dealkylation sites (tertiary alicyclic amines) is 1. The van der Waals surface area contributed by atoms with Crippen molar-refractivity contribution < 1.29 is 4.74 Å². The second-order valence-electron chi connectivity index (χ2n) is 5.95. The van der Waals surface area contributed by atoms with Crippen LogP contribution in [0.5, 0.6) is 5.75 Å². The Bertz CT molecular complexity index is 434. The number of nitrogens with zero attached hydrogens (tertiary/aromatic N) is 1. The topological polar surface area (TPSA) is 38.5 Å². The first-order valence-corrected chi connectivity index (χ1v) is 7.37. The number of ether oxygens (including phenoxy) is 1. The summed E-state index contributed by atoms with van der Waals surface area (Å²) in [6, 6.07) is 9.25. The maximum absolute atomic E-state index is 6.16. The number of benzene rings is 1. The first-order valence-electron chi connectivity index (χ1n) is 7.37. The molecule has 2 N–H and O–H groups in total. The van der Waals surface area contributed by atoms with Gasteiger partial charge in [-0.3, -0.25) is 0 Å². The van der Waals surface area contributed by atoms with Crippen LogP contribution >= 0.6 is 0 Å². The SMILES string of the molecule is COc1ccccc1C1(CN)CCN(C2CC2)CC1. The lowest BCUT2D eigenvalue weighted by molar-refractivity contribution is 0.153. The van der Waals surface area contributed by atoms with E-state index >= 15 is 0 Å². The summed E-state index contributed by atoms with van der Waals surface area (Å²) in [6.07, 6.45) is 5.09. The van der Waals surface area contributed by atoms with Gasteiger partial charge in [-0.15, -0.1) is 0 Å². The first kappa shape index (κ1) is 12.9. The van der Waals surface area contributed by atoms with Gasteiger partial charge < -0.3 is 15.4 Å². The van der Waals surface area contributed by atoms with Gasteiger partial charge in [0.1, 0.15) is 5.75 Å². The highest BCUT2D eigenvalue weighted by Crippen LogP contribution is 2.41. The van der Waals surface area contributed by atoms with E-state index in [0.29, 0.717) is 6.54 Å². The predicted octanol–water partition coefficient (Wildman–Crippen LogP) is 2.15. The van der Waals surface area contributed by atoms with Gasteiger partial charge in [0, 0.05) is 23.6 Å². The molecule has 0 atom stereocenters. The standard InChI is InChI=1S/C16H24N2O/c1-19-15-5-3-2-4-14(15)16(12-17)8-10-18(11-9-16)13-6-7-13/h2-5,13H,6-12,17H2,1H3. The Kier molecular flexibility index (Phi) is 3.50. The Morgan fingerprint density at radius 1 is 1.26 bits per heavy atom. The van der Waals surface area contributed by atoms with Crippen LogP contribution in [-0.2, 0) is 5.41 Å². The molecule has 2 fully saturated rings. The maximum atomic E-state index is 6.16. The van der Waals surface area contributed by atoms with Crippen molar-refractivity contribution in [2.45, 2.75) is 37.1 Å². The van der Waals surface area contributed by atoms with Crippen LogP contribution in [0, 0.1) is 0 Å². The summed E-state index contributed by atoms with van der Waals surface area (Å²) in [4.78, 5) is 2.64. The average molecular weight is 260 g/mol. The molecule has 1 heterocycles. The van der Waals surface area contributed by atoms with E-state index in [0.717, 1.165) is 24.6 Å². The van der Waals surface area contributed by atoms with Crippen LogP contribution < -0.4 is 10.5 Å². The summed E-state index contributed by atoms with van der Waals surface area (Å²) < 4.78 is 5.54. The van der Waals surface area contributed by atoms with E-state index < -0.39 is 0 Å². The fourth-order valence-electron chi connectivity index (χ4n) is 3.42. The number of nitrogens with two attached hydrogens (primary N) is 1. The highest BCUT2D eigenvalue weighted by atomic mass is 16.5. The van der Waals surface area contributed by atoms with E-state index in [-0.39, 0.29) is 5.41 Å². The maximum Gasteiger partial charge on any atom is 0.122 e. The van der Waals surface area contributed by atoms with E-state index in [4.69, 9.17) is 10.5 Å². The summed E-state index contributed by atoms with van der Waals surface area (Å²) in [7, 11) is 1.75. The van der Waals surface area contributed by atoms with Gasteiger partial charge in [-0.25, -0.2) is 0 Å². The van der Waals surface area contributed by atoms with Gasteiger partial charge in [-0.1, -0.05) is 18.2 Å². The molecule has 3 heteroatoms. The lowest BCUT2D eigenvalue weighted by Gasteiger charge is -2.42. The zero-order valence-electron chi connectivity index (χ0n) is 11.8. The average Bonchev–Trinajstić information content (AvgIpc) is 3.32. The third-order valence-corrected chi connectivity index (χ3v) is 4.89. The molecule has 1 aliphatic heterocycles. The third kappa shape index (κ3) is 2.37. The molecule has 0 amide bonds. The number of methoxy groups -OCH3 is 1. The van der Waals surface area contributed by atoms with E-state index in [1.165, 1.54) is 31.5 Å². The second-order valence-corrected chi connectivity index (χ2v) is 5.95. The number of rotatable bonds is 4. The van der Waals surface area contributed by atoms with Gasteiger partial charge in [0.05, 0.1) is 7.11 Å². The van der Waals surface area contributed by atoms with Crippen LogP contribution in [0.2, 0.25) is 0 Å². The van der Waals surface area contributed by atoms with Gasteiger partial charge in [-0.2, -0.15) is 0 Å². The fourth-order valence-corrected chi connectivity index (χ4v) is 3.42. The molecule has 1 saturated carbocycles. The Hall–Kier alpha value is -1.06. The summed E-state index contributed by atoms with van der Waals surface area (Å²) in [5, 5.41) is 0. The monoisotopic (exact) mass is 260 g/mol. The Morgan fingerprint density at radius 3 is 2.53 bits per heavy atom. The molecule has 19 heavy (non-hydrogen) atoms. The molecule has 0 spiro atoms. The van der Waals surface area contributed by atoms with Gasteiger partial charge in [0.25, 0.3) is 0 Å². The third-order valence-electron chi connectivity index (χ3n) is 4.89. The van der Waals surface area contributed by atoms with Gasteiger partial charge in [-0.05, 0) is 44.8 Å². The molecular weight excluding hydrogens is 236 g/mol. The van der Waals surface area contributed by atoms with Gasteiger partial charge >= 0.3 is 0 Å². The minimum Gasteiger partial charge on any atom is -0.496 e. The minimum atomic E-state index is 0.109. The van der Waals surface area contributed by atoms with Gasteiger partial charge in [0.2, 0.25) is 0 Å². The summed E-state index contributed by atoms with van der Waals surface area (Å²) >= 11 is 0. The molecule has 1 aliphatic carbocycles. The summed E-state index contributed by atoms with van der Waals surface area (Å²) in [6.45, 7) is 3.08. The molecule has 3 rings (SSSR count). The van der Waals surface area contributed by atoms with Crippen molar-refractivity contribution in [2.24, 2.45) is 5.73 Å². The second kappa shape index (κ2) is 5.14. The lowest BCUT2D eigenvalue weighted by atomic mass is 9.72. The highest BCUT2D eigenvalue weighted by molar-refractivity contribution is 5.40.